The average Bonchev–Trinajstić information content (AvgIpc) is 2.69. The molecule has 0 radical (unpaired) electrons. The zero-order valence-electron chi connectivity index (χ0n) is 17.2. The van der Waals surface area contributed by atoms with E-state index >= 15 is 0 Å². The minimum Gasteiger partial charge on any atom is -0.336 e. The van der Waals surface area contributed by atoms with E-state index in [1.807, 2.05) is 0 Å². The summed E-state index contributed by atoms with van der Waals surface area (Å²) >= 11 is 0. The Balaban J connectivity index is 1.94. The lowest BCUT2D eigenvalue weighted by Crippen LogP contribution is -2.40. The van der Waals surface area contributed by atoms with Crippen LogP contribution in [0.4, 0.5) is 11.4 Å². The first-order chi connectivity index (χ1) is 12.9. The summed E-state index contributed by atoms with van der Waals surface area (Å²) in [4.78, 5) is 2.44. The van der Waals surface area contributed by atoms with Crippen molar-refractivity contribution in [3.8, 4) is 11.1 Å². The third kappa shape index (κ3) is 4.24. The summed E-state index contributed by atoms with van der Waals surface area (Å²) in [5, 5.41) is 0. The van der Waals surface area contributed by atoms with Crippen LogP contribution in [0.3, 0.4) is 0 Å². The largest absolute Gasteiger partial charge is 0.336 e. The summed E-state index contributed by atoms with van der Waals surface area (Å²) in [5.74, 6) is 0.567. The van der Waals surface area contributed by atoms with Crippen LogP contribution < -0.4 is 4.90 Å². The monoisotopic (exact) mass is 357 g/mol. The maximum atomic E-state index is 2.44. The zero-order chi connectivity index (χ0) is 19.4. The Morgan fingerprint density at radius 2 is 1.19 bits per heavy atom. The first-order valence-corrected chi connectivity index (χ1v) is 9.98. The standard InChI is InChI=1S/C26H31N/c1-6-26(4,5)27(24-10-8-7-9-11-24)25-18-16-23(17-19-25)22-14-12-21(13-15-22)20(2)3/h7-20H,6H2,1-5H3. The maximum absolute atomic E-state index is 2.44. The molecule has 1 nitrogen and oxygen atoms in total. The molecular formula is C26H31N. The van der Waals surface area contributed by atoms with Crippen molar-refractivity contribution in [2.45, 2.75) is 52.5 Å². The molecule has 0 unspecified atom stereocenters. The summed E-state index contributed by atoms with van der Waals surface area (Å²) in [6.45, 7) is 11.3. The van der Waals surface area contributed by atoms with E-state index in [0.29, 0.717) is 5.92 Å². The van der Waals surface area contributed by atoms with Gasteiger partial charge in [-0.05, 0) is 67.1 Å². The molecule has 140 valence electrons. The molecule has 0 saturated heterocycles. The molecule has 3 rings (SSSR count). The Labute approximate surface area is 164 Å². The van der Waals surface area contributed by atoms with E-state index in [4.69, 9.17) is 0 Å². The predicted molar refractivity (Wildman–Crippen MR) is 119 cm³/mol. The summed E-state index contributed by atoms with van der Waals surface area (Å²) in [6.07, 6.45) is 1.07. The minimum atomic E-state index is 0.0434. The topological polar surface area (TPSA) is 3.24 Å². The van der Waals surface area contributed by atoms with Gasteiger partial charge in [0, 0.05) is 16.9 Å². The minimum absolute atomic E-state index is 0.0434. The lowest BCUT2D eigenvalue weighted by atomic mass is 9.96. The predicted octanol–water partition coefficient (Wildman–Crippen LogP) is 7.80. The van der Waals surface area contributed by atoms with Crippen molar-refractivity contribution in [3.63, 3.8) is 0 Å². The number of hydrogen-bond acceptors (Lipinski definition) is 1. The fraction of sp³-hybridized carbons (Fsp3) is 0.308. The Bertz CT molecular complexity index is 843. The highest BCUT2D eigenvalue weighted by molar-refractivity contribution is 5.71. The Kier molecular flexibility index (Phi) is 5.70. The average molecular weight is 358 g/mol. The van der Waals surface area contributed by atoms with E-state index in [-0.39, 0.29) is 5.54 Å². The molecule has 0 heterocycles. The molecule has 27 heavy (non-hydrogen) atoms. The smallest absolute Gasteiger partial charge is 0.0416 e. The van der Waals surface area contributed by atoms with Crippen LogP contribution >= 0.6 is 0 Å². The molecule has 3 aromatic rings. The van der Waals surface area contributed by atoms with Crippen molar-refractivity contribution in [3.05, 3.63) is 84.4 Å². The van der Waals surface area contributed by atoms with Crippen LogP contribution in [0.5, 0.6) is 0 Å². The first kappa shape index (κ1) is 19.2. The SMILES string of the molecule is CCC(C)(C)N(c1ccccc1)c1ccc(-c2ccc(C(C)C)cc2)cc1. The zero-order valence-corrected chi connectivity index (χ0v) is 17.2. The van der Waals surface area contributed by atoms with Crippen LogP contribution in [0.25, 0.3) is 11.1 Å². The Morgan fingerprint density at radius 3 is 1.67 bits per heavy atom. The Hall–Kier alpha value is -2.54. The molecule has 1 heteroatoms. The van der Waals surface area contributed by atoms with E-state index in [0.717, 1.165) is 6.42 Å². The number of benzene rings is 3. The fourth-order valence-corrected chi connectivity index (χ4v) is 3.45. The van der Waals surface area contributed by atoms with Gasteiger partial charge in [0.15, 0.2) is 0 Å². The van der Waals surface area contributed by atoms with Crippen molar-refractivity contribution in [1.82, 2.24) is 0 Å². The van der Waals surface area contributed by atoms with Crippen molar-refractivity contribution in [2.75, 3.05) is 4.90 Å². The molecule has 0 amide bonds. The molecule has 0 aromatic heterocycles. The summed E-state index contributed by atoms with van der Waals surface area (Å²) in [7, 11) is 0. The molecule has 0 N–H and O–H groups in total. The van der Waals surface area contributed by atoms with Gasteiger partial charge in [-0.1, -0.05) is 75.4 Å². The molecule has 0 aliphatic carbocycles. The Morgan fingerprint density at radius 1 is 0.704 bits per heavy atom. The maximum Gasteiger partial charge on any atom is 0.0416 e. The highest BCUT2D eigenvalue weighted by Crippen LogP contribution is 2.36. The van der Waals surface area contributed by atoms with Gasteiger partial charge in [-0.15, -0.1) is 0 Å². The van der Waals surface area contributed by atoms with E-state index in [2.05, 4.69) is 118 Å². The van der Waals surface area contributed by atoms with E-state index in [1.165, 1.54) is 28.1 Å². The fourth-order valence-electron chi connectivity index (χ4n) is 3.45. The van der Waals surface area contributed by atoms with Gasteiger partial charge in [0.25, 0.3) is 0 Å². The van der Waals surface area contributed by atoms with Gasteiger partial charge in [0.2, 0.25) is 0 Å². The molecular weight excluding hydrogens is 326 g/mol. The van der Waals surface area contributed by atoms with Gasteiger partial charge >= 0.3 is 0 Å². The van der Waals surface area contributed by atoms with Gasteiger partial charge in [0.05, 0.1) is 0 Å². The molecule has 3 aromatic carbocycles. The van der Waals surface area contributed by atoms with Crippen LogP contribution in [0, 0.1) is 0 Å². The lowest BCUT2D eigenvalue weighted by Gasteiger charge is -2.40. The van der Waals surface area contributed by atoms with Crippen LogP contribution in [0.1, 0.15) is 52.5 Å². The summed E-state index contributed by atoms with van der Waals surface area (Å²) in [6, 6.07) is 28.6. The van der Waals surface area contributed by atoms with E-state index < -0.39 is 0 Å². The second-order valence-corrected chi connectivity index (χ2v) is 8.16. The molecule has 0 aliphatic rings. The van der Waals surface area contributed by atoms with Crippen molar-refractivity contribution < 1.29 is 0 Å². The second kappa shape index (κ2) is 8.00. The number of anilines is 2. The number of rotatable bonds is 6. The molecule has 0 saturated carbocycles. The molecule has 0 atom stereocenters. The van der Waals surface area contributed by atoms with Gasteiger partial charge in [-0.25, -0.2) is 0 Å². The summed E-state index contributed by atoms with van der Waals surface area (Å²) < 4.78 is 0. The first-order valence-electron chi connectivity index (χ1n) is 9.98. The van der Waals surface area contributed by atoms with Crippen molar-refractivity contribution >= 4 is 11.4 Å². The van der Waals surface area contributed by atoms with Gasteiger partial charge in [-0.2, -0.15) is 0 Å². The van der Waals surface area contributed by atoms with Crippen LogP contribution in [-0.2, 0) is 0 Å². The quantitative estimate of drug-likeness (QED) is 0.435. The number of nitrogens with zero attached hydrogens (tertiary/aromatic N) is 1. The van der Waals surface area contributed by atoms with Gasteiger partial charge in [-0.3, -0.25) is 0 Å². The van der Waals surface area contributed by atoms with Gasteiger partial charge in [0.1, 0.15) is 0 Å². The third-order valence-corrected chi connectivity index (χ3v) is 5.52. The van der Waals surface area contributed by atoms with Crippen LogP contribution in [-0.4, -0.2) is 5.54 Å². The van der Waals surface area contributed by atoms with E-state index in [1.54, 1.807) is 0 Å². The van der Waals surface area contributed by atoms with Crippen LogP contribution in [0.15, 0.2) is 78.9 Å². The molecule has 0 spiro atoms. The highest BCUT2D eigenvalue weighted by atomic mass is 15.2. The molecule has 0 aliphatic heterocycles. The van der Waals surface area contributed by atoms with Gasteiger partial charge < -0.3 is 4.90 Å². The third-order valence-electron chi connectivity index (χ3n) is 5.52. The molecule has 0 bridgehead atoms. The van der Waals surface area contributed by atoms with E-state index in [9.17, 15) is 0 Å². The second-order valence-electron chi connectivity index (χ2n) is 8.16. The lowest BCUT2D eigenvalue weighted by molar-refractivity contribution is 0.488. The number of para-hydroxylation sites is 1. The highest BCUT2D eigenvalue weighted by Gasteiger charge is 2.26. The van der Waals surface area contributed by atoms with Crippen LogP contribution in [0.2, 0.25) is 0 Å². The normalized spacial score (nSPS) is 11.6. The summed E-state index contributed by atoms with van der Waals surface area (Å²) in [5.41, 5.74) is 6.43. The molecule has 0 fully saturated rings. The van der Waals surface area contributed by atoms with Crippen molar-refractivity contribution in [2.24, 2.45) is 0 Å². The van der Waals surface area contributed by atoms with Crippen molar-refractivity contribution in [1.29, 1.82) is 0 Å². The number of hydrogen-bond donors (Lipinski definition) is 0.